The summed E-state index contributed by atoms with van der Waals surface area (Å²) >= 11 is 0. The first-order valence-corrected chi connectivity index (χ1v) is 15.5. The van der Waals surface area contributed by atoms with Crippen molar-refractivity contribution >= 4 is 33.8 Å². The molecule has 228 valence electrons. The van der Waals surface area contributed by atoms with Crippen molar-refractivity contribution in [1.82, 2.24) is 20.7 Å². The zero-order valence-corrected chi connectivity index (χ0v) is 25.6. The van der Waals surface area contributed by atoms with Gasteiger partial charge < -0.3 is 15.4 Å². The maximum Gasteiger partial charge on any atom is 0.326 e. The highest BCUT2D eigenvalue weighted by Gasteiger charge is 2.29. The van der Waals surface area contributed by atoms with Crippen molar-refractivity contribution in [2.45, 2.75) is 76.3 Å². The molecule has 0 saturated heterocycles. The second-order valence-electron chi connectivity index (χ2n) is 11.4. The number of nitrogens with zero attached hydrogens (tertiary/aromatic N) is 1. The number of aliphatic imine (C=N–C) groups is 1. The number of amides is 2. The Morgan fingerprint density at radius 2 is 1.69 bits per heavy atom. The topological polar surface area (TPSA) is 155 Å². The summed E-state index contributed by atoms with van der Waals surface area (Å²) in [5, 5.41) is 8.41. The smallest absolute Gasteiger partial charge is 0.326 e. The lowest BCUT2D eigenvalue weighted by atomic mass is 9.87. The van der Waals surface area contributed by atoms with E-state index in [-0.39, 0.29) is 29.2 Å². The number of nitrogens with one attached hydrogen (secondary N) is 4. The number of sulfonamides is 1. The average molecular weight is 600 g/mol. The molecular formula is C30H41N5O6S. The number of rotatable bonds is 11. The maximum atomic E-state index is 13.1. The maximum absolute atomic E-state index is 13.1. The highest BCUT2D eigenvalue weighted by molar-refractivity contribution is 7.89. The Hall–Kier alpha value is -3.77. The fourth-order valence-corrected chi connectivity index (χ4v) is 5.25. The van der Waals surface area contributed by atoms with Crippen molar-refractivity contribution in [1.29, 1.82) is 0 Å². The summed E-state index contributed by atoms with van der Waals surface area (Å²) in [5.74, 6) is -0.952. The quantitative estimate of drug-likeness (QED) is 0.289. The van der Waals surface area contributed by atoms with E-state index in [2.05, 4.69) is 25.7 Å². The van der Waals surface area contributed by atoms with E-state index in [0.717, 1.165) is 24.1 Å². The van der Waals surface area contributed by atoms with E-state index in [0.29, 0.717) is 24.5 Å². The molecule has 0 radical (unpaired) electrons. The lowest BCUT2D eigenvalue weighted by molar-refractivity contribution is -0.149. The molecule has 1 aliphatic rings. The van der Waals surface area contributed by atoms with Crippen molar-refractivity contribution in [3.63, 3.8) is 0 Å². The summed E-state index contributed by atoms with van der Waals surface area (Å²) in [6, 6.07) is 11.8. The fraction of sp³-hybridized carbons (Fsp3) is 0.467. The molecule has 0 unspecified atom stereocenters. The van der Waals surface area contributed by atoms with Crippen LogP contribution in [0.1, 0.15) is 68.9 Å². The third kappa shape index (κ3) is 9.95. The fourth-order valence-electron chi connectivity index (χ4n) is 4.07. The van der Waals surface area contributed by atoms with Gasteiger partial charge in [0, 0.05) is 31.6 Å². The van der Waals surface area contributed by atoms with Gasteiger partial charge in [-0.25, -0.2) is 8.42 Å². The first-order valence-electron chi connectivity index (χ1n) is 14.0. The molecule has 1 atom stereocenters. The minimum absolute atomic E-state index is 0.00330. The van der Waals surface area contributed by atoms with Gasteiger partial charge in [-0.15, -0.1) is 0 Å². The number of carbonyl (C=O) groups is 3. The highest BCUT2D eigenvalue weighted by Crippen LogP contribution is 2.23. The molecule has 12 heteroatoms. The summed E-state index contributed by atoms with van der Waals surface area (Å²) in [6.45, 7) is 10.5. The van der Waals surface area contributed by atoms with Crippen LogP contribution in [0, 0.1) is 0 Å². The van der Waals surface area contributed by atoms with Crippen molar-refractivity contribution < 1.29 is 27.5 Å². The number of guanidine groups is 1. The third-order valence-corrected chi connectivity index (χ3v) is 7.93. The van der Waals surface area contributed by atoms with Gasteiger partial charge in [-0.05, 0) is 67.5 Å². The molecule has 11 nitrogen and oxygen atoms in total. The molecule has 3 rings (SSSR count). The molecule has 4 N–H and O–H groups in total. The predicted octanol–water partition coefficient (Wildman–Crippen LogP) is 2.41. The summed E-state index contributed by atoms with van der Waals surface area (Å²) < 4.78 is 33.8. The molecule has 1 aliphatic heterocycles. The van der Waals surface area contributed by atoms with Crippen LogP contribution in [0.5, 0.6) is 0 Å². The molecule has 1 heterocycles. The van der Waals surface area contributed by atoms with Crippen LogP contribution in [-0.2, 0) is 36.2 Å². The summed E-state index contributed by atoms with van der Waals surface area (Å²) in [6.07, 6.45) is 1.19. The molecule has 2 amide bonds. The van der Waals surface area contributed by atoms with Crippen molar-refractivity contribution in [3.8, 4) is 0 Å². The van der Waals surface area contributed by atoms with Gasteiger partial charge in [-0.3, -0.25) is 24.7 Å². The van der Waals surface area contributed by atoms with E-state index < -0.39 is 34.0 Å². The Labute approximate surface area is 248 Å². The van der Waals surface area contributed by atoms with Crippen molar-refractivity contribution in [2.75, 3.05) is 19.6 Å². The van der Waals surface area contributed by atoms with Crippen LogP contribution < -0.4 is 20.7 Å². The van der Waals surface area contributed by atoms with E-state index in [1.807, 2.05) is 20.8 Å². The van der Waals surface area contributed by atoms with E-state index >= 15 is 0 Å². The monoisotopic (exact) mass is 599 g/mol. The molecule has 0 bridgehead atoms. The van der Waals surface area contributed by atoms with E-state index in [4.69, 9.17) is 4.74 Å². The number of hydrogen-bond acceptors (Lipinski definition) is 8. The van der Waals surface area contributed by atoms with E-state index in [9.17, 15) is 22.8 Å². The number of aryl methyl sites for hydroxylation is 1. The van der Waals surface area contributed by atoms with Gasteiger partial charge in [0.05, 0.1) is 11.0 Å². The van der Waals surface area contributed by atoms with E-state index in [1.54, 1.807) is 50.2 Å². The van der Waals surface area contributed by atoms with Crippen LogP contribution in [0.2, 0.25) is 0 Å². The zero-order valence-electron chi connectivity index (χ0n) is 24.8. The third-order valence-electron chi connectivity index (χ3n) is 6.44. The minimum atomic E-state index is -4.09. The largest absolute Gasteiger partial charge is 0.462 e. The number of esters is 1. The Kier molecular flexibility index (Phi) is 11.2. The lowest BCUT2D eigenvalue weighted by Gasteiger charge is -2.21. The zero-order chi connectivity index (χ0) is 30.9. The molecule has 42 heavy (non-hydrogen) atoms. The first-order chi connectivity index (χ1) is 19.7. The molecule has 0 aliphatic carbocycles. The molecular weight excluding hydrogens is 558 g/mol. The summed E-state index contributed by atoms with van der Waals surface area (Å²) in [7, 11) is -4.09. The van der Waals surface area contributed by atoms with E-state index in [1.165, 1.54) is 12.1 Å². The predicted molar refractivity (Wildman–Crippen MR) is 161 cm³/mol. The van der Waals surface area contributed by atoms with Gasteiger partial charge in [0.1, 0.15) is 6.04 Å². The molecule has 0 saturated carbocycles. The second-order valence-corrected chi connectivity index (χ2v) is 13.1. The van der Waals surface area contributed by atoms with Crippen LogP contribution in [0.15, 0.2) is 58.4 Å². The number of benzene rings is 2. The Bertz CT molecular complexity index is 1380. The van der Waals surface area contributed by atoms with Crippen LogP contribution >= 0.6 is 0 Å². The Morgan fingerprint density at radius 1 is 1.02 bits per heavy atom. The van der Waals surface area contributed by atoms with Gasteiger partial charge in [0.25, 0.3) is 5.91 Å². The van der Waals surface area contributed by atoms with Crippen molar-refractivity contribution in [3.05, 3.63) is 65.2 Å². The standard InChI is InChI=1S/C30H41N5O6S/c1-20(2)41-28(38)25(35-42(39,40)24-14-12-23(13-15-24)30(3,4)5)19-33-27(37)22-10-7-21(8-11-22)9-16-26(36)34-29-31-17-6-18-32-29/h7-8,10-15,20,25,35H,6,9,16-19H2,1-5H3,(H,33,37)(H2,31,32,34,36)/t25-/m0/s1. The van der Waals surface area contributed by atoms with Crippen LogP contribution in [0.4, 0.5) is 0 Å². The van der Waals surface area contributed by atoms with Crippen LogP contribution in [0.3, 0.4) is 0 Å². The average Bonchev–Trinajstić information content (AvgIpc) is 2.94. The number of ether oxygens (including phenoxy) is 1. The van der Waals surface area contributed by atoms with Gasteiger partial charge >= 0.3 is 5.97 Å². The second kappa shape index (κ2) is 14.4. The SMILES string of the molecule is CC(C)OC(=O)[C@H](CNC(=O)c1ccc(CCC(=O)NC2=NCCCN2)cc1)NS(=O)(=O)c1ccc(C(C)(C)C)cc1. The van der Waals surface area contributed by atoms with Crippen LogP contribution in [0.25, 0.3) is 0 Å². The molecule has 0 fully saturated rings. The van der Waals surface area contributed by atoms with Crippen molar-refractivity contribution in [2.24, 2.45) is 4.99 Å². The Balaban J connectivity index is 1.60. The normalized spacial score (nSPS) is 14.4. The summed E-state index contributed by atoms with van der Waals surface area (Å²) in [5.41, 5.74) is 1.99. The molecule has 2 aromatic rings. The minimum Gasteiger partial charge on any atom is -0.462 e. The van der Waals surface area contributed by atoms with Gasteiger partial charge in [0.2, 0.25) is 15.9 Å². The lowest BCUT2D eigenvalue weighted by Crippen LogP contribution is -2.49. The van der Waals surface area contributed by atoms with Gasteiger partial charge in [-0.2, -0.15) is 4.72 Å². The number of hydrogen-bond donors (Lipinski definition) is 4. The summed E-state index contributed by atoms with van der Waals surface area (Å²) in [4.78, 5) is 42.0. The molecule has 2 aromatic carbocycles. The number of carbonyl (C=O) groups excluding carboxylic acids is 3. The highest BCUT2D eigenvalue weighted by atomic mass is 32.2. The first kappa shape index (κ1) is 32.7. The van der Waals surface area contributed by atoms with Gasteiger partial charge in [0.15, 0.2) is 5.96 Å². The van der Waals surface area contributed by atoms with Gasteiger partial charge in [-0.1, -0.05) is 45.0 Å². The Morgan fingerprint density at radius 3 is 2.26 bits per heavy atom. The van der Waals surface area contributed by atoms with Crippen LogP contribution in [-0.4, -0.2) is 63.9 Å². The molecule has 0 aromatic heterocycles. The molecule has 0 spiro atoms.